The number of ether oxygens (including phenoxy) is 1. The highest BCUT2D eigenvalue weighted by Crippen LogP contribution is 2.32. The smallest absolute Gasteiger partial charge is 0.405 e. The van der Waals surface area contributed by atoms with Crippen LogP contribution in [0.15, 0.2) is 0 Å². The maximum Gasteiger partial charge on any atom is 0.405 e. The molecule has 1 amide bonds. The maximum absolute atomic E-state index is 10.7. The fourth-order valence-electron chi connectivity index (χ4n) is 2.36. The van der Waals surface area contributed by atoms with Crippen molar-refractivity contribution in [1.29, 1.82) is 0 Å². The van der Waals surface area contributed by atoms with Gasteiger partial charge in [0.2, 0.25) is 0 Å². The number of hydrogen-bond acceptors (Lipinski definition) is 3. The molecule has 1 rings (SSSR count). The van der Waals surface area contributed by atoms with Gasteiger partial charge in [0.15, 0.2) is 0 Å². The van der Waals surface area contributed by atoms with E-state index in [0.29, 0.717) is 5.92 Å². The summed E-state index contributed by atoms with van der Waals surface area (Å²) in [5.41, 5.74) is 4.52. The number of carbonyl (C=O) groups is 1. The van der Waals surface area contributed by atoms with Crippen molar-refractivity contribution in [3.63, 3.8) is 0 Å². The zero-order valence-corrected chi connectivity index (χ0v) is 9.53. The van der Waals surface area contributed by atoms with E-state index < -0.39 is 11.7 Å². The summed E-state index contributed by atoms with van der Waals surface area (Å²) in [7, 11) is 0. The molecule has 0 radical (unpaired) electrons. The van der Waals surface area contributed by atoms with Gasteiger partial charge in [-0.3, -0.25) is 0 Å². The molecule has 0 aromatic carbocycles. The Bertz CT molecular complexity index is 220. The zero-order chi connectivity index (χ0) is 11.5. The fraction of sp³-hybridized carbons (Fsp3) is 0.909. The summed E-state index contributed by atoms with van der Waals surface area (Å²) in [6.07, 6.45) is 3.70. The molecule has 1 aliphatic carbocycles. The van der Waals surface area contributed by atoms with Crippen molar-refractivity contribution in [3.05, 3.63) is 0 Å². The van der Waals surface area contributed by atoms with Crippen LogP contribution in [-0.4, -0.2) is 22.9 Å². The molecule has 1 saturated carbocycles. The normalized spacial score (nSPS) is 27.4. The van der Waals surface area contributed by atoms with E-state index >= 15 is 0 Å². The Labute approximate surface area is 90.8 Å². The second kappa shape index (κ2) is 4.84. The van der Waals surface area contributed by atoms with Crippen LogP contribution in [0.2, 0.25) is 0 Å². The predicted octanol–water partition coefficient (Wildman–Crippen LogP) is 1.80. The topological polar surface area (TPSA) is 72.6 Å². The average molecular weight is 215 g/mol. The van der Waals surface area contributed by atoms with Crippen molar-refractivity contribution < 1.29 is 14.6 Å². The van der Waals surface area contributed by atoms with Crippen LogP contribution >= 0.6 is 0 Å². The first-order valence-electron chi connectivity index (χ1n) is 5.55. The monoisotopic (exact) mass is 215 g/mol. The van der Waals surface area contributed by atoms with Gasteiger partial charge < -0.3 is 15.6 Å². The molecule has 3 N–H and O–H groups in total. The van der Waals surface area contributed by atoms with Crippen LogP contribution in [0.3, 0.4) is 0 Å². The Balaban J connectivity index is 2.36. The van der Waals surface area contributed by atoms with E-state index in [4.69, 9.17) is 10.5 Å². The van der Waals surface area contributed by atoms with Crippen LogP contribution in [0.4, 0.5) is 4.79 Å². The Morgan fingerprint density at radius 3 is 2.40 bits per heavy atom. The van der Waals surface area contributed by atoms with E-state index in [1.165, 1.54) is 0 Å². The lowest BCUT2D eigenvalue weighted by Crippen LogP contribution is -2.34. The Morgan fingerprint density at radius 1 is 1.40 bits per heavy atom. The average Bonchev–Trinajstić information content (AvgIpc) is 2.06. The van der Waals surface area contributed by atoms with E-state index in [1.54, 1.807) is 0 Å². The minimum atomic E-state index is -0.712. The van der Waals surface area contributed by atoms with Gasteiger partial charge in [0, 0.05) is 0 Å². The van der Waals surface area contributed by atoms with Gasteiger partial charge in [-0.15, -0.1) is 0 Å². The highest BCUT2D eigenvalue weighted by Gasteiger charge is 2.29. The number of primary amides is 1. The molecule has 0 bridgehead atoms. The minimum absolute atomic E-state index is 0.138. The Morgan fingerprint density at radius 2 is 1.93 bits per heavy atom. The number of nitrogens with two attached hydrogens (primary N) is 1. The molecular formula is C11H21NO3. The minimum Gasteiger partial charge on any atom is -0.444 e. The SMILES string of the molecule is CC(C)(C[C@H]1CC[C@H](O)CC1)OC(N)=O. The summed E-state index contributed by atoms with van der Waals surface area (Å²) in [5, 5.41) is 9.37. The van der Waals surface area contributed by atoms with Crippen LogP contribution in [0.5, 0.6) is 0 Å². The quantitative estimate of drug-likeness (QED) is 0.754. The standard InChI is InChI=1S/C11H21NO3/c1-11(2,15-10(12)14)7-8-3-5-9(13)6-4-8/h8-9,13H,3-7H2,1-2H3,(H2,12,14)/t8-,9-. The molecule has 0 unspecified atom stereocenters. The van der Waals surface area contributed by atoms with Crippen molar-refractivity contribution in [1.82, 2.24) is 0 Å². The largest absolute Gasteiger partial charge is 0.444 e. The van der Waals surface area contributed by atoms with Gasteiger partial charge in [-0.2, -0.15) is 0 Å². The predicted molar refractivity (Wildman–Crippen MR) is 57.3 cm³/mol. The Hall–Kier alpha value is -0.770. The maximum atomic E-state index is 10.7. The highest BCUT2D eigenvalue weighted by atomic mass is 16.6. The van der Waals surface area contributed by atoms with Crippen LogP contribution in [0, 0.1) is 5.92 Å². The number of aliphatic hydroxyl groups excluding tert-OH is 1. The summed E-state index contributed by atoms with van der Waals surface area (Å²) in [5.74, 6) is 0.530. The third kappa shape index (κ3) is 4.51. The molecule has 0 heterocycles. The van der Waals surface area contributed by atoms with E-state index in [2.05, 4.69) is 0 Å². The number of aliphatic hydroxyl groups is 1. The van der Waals surface area contributed by atoms with Gasteiger partial charge in [0.25, 0.3) is 0 Å². The number of carbonyl (C=O) groups excluding carboxylic acids is 1. The molecule has 0 spiro atoms. The molecule has 1 aliphatic rings. The van der Waals surface area contributed by atoms with Crippen molar-refractivity contribution in [3.8, 4) is 0 Å². The van der Waals surface area contributed by atoms with Gasteiger partial charge in [-0.1, -0.05) is 0 Å². The first kappa shape index (κ1) is 12.3. The third-order valence-corrected chi connectivity index (χ3v) is 2.97. The van der Waals surface area contributed by atoms with E-state index in [1.807, 2.05) is 13.8 Å². The van der Waals surface area contributed by atoms with E-state index in [-0.39, 0.29) is 6.10 Å². The summed E-state index contributed by atoms with van der Waals surface area (Å²) >= 11 is 0. The van der Waals surface area contributed by atoms with Crippen molar-refractivity contribution >= 4 is 6.09 Å². The van der Waals surface area contributed by atoms with Crippen LogP contribution in [-0.2, 0) is 4.74 Å². The van der Waals surface area contributed by atoms with Crippen molar-refractivity contribution in [2.24, 2.45) is 11.7 Å². The molecule has 1 fully saturated rings. The van der Waals surface area contributed by atoms with Gasteiger partial charge in [-0.25, -0.2) is 4.79 Å². The van der Waals surface area contributed by atoms with Gasteiger partial charge in [0.1, 0.15) is 5.60 Å². The van der Waals surface area contributed by atoms with E-state index in [9.17, 15) is 9.90 Å². The van der Waals surface area contributed by atoms with Gasteiger partial charge in [0.05, 0.1) is 6.10 Å². The first-order valence-corrected chi connectivity index (χ1v) is 5.55. The van der Waals surface area contributed by atoms with Crippen LogP contribution in [0.25, 0.3) is 0 Å². The molecule has 4 heteroatoms. The summed E-state index contributed by atoms with van der Waals surface area (Å²) < 4.78 is 5.04. The van der Waals surface area contributed by atoms with Crippen LogP contribution in [0.1, 0.15) is 46.0 Å². The van der Waals surface area contributed by atoms with Gasteiger partial charge in [-0.05, 0) is 51.9 Å². The second-order valence-corrected chi connectivity index (χ2v) is 5.06. The molecule has 0 atom stereocenters. The molecule has 4 nitrogen and oxygen atoms in total. The fourth-order valence-corrected chi connectivity index (χ4v) is 2.36. The molecule has 0 aromatic heterocycles. The first-order chi connectivity index (χ1) is 6.89. The van der Waals surface area contributed by atoms with Gasteiger partial charge >= 0.3 is 6.09 Å². The molecule has 0 aromatic rings. The summed E-state index contributed by atoms with van der Waals surface area (Å²) in [6.45, 7) is 3.76. The zero-order valence-electron chi connectivity index (χ0n) is 9.53. The lowest BCUT2D eigenvalue weighted by molar-refractivity contribution is 0.0131. The number of rotatable bonds is 3. The number of amides is 1. The lowest BCUT2D eigenvalue weighted by atomic mass is 9.81. The molecule has 0 aliphatic heterocycles. The third-order valence-electron chi connectivity index (χ3n) is 2.97. The summed E-state index contributed by atoms with van der Waals surface area (Å²) in [6, 6.07) is 0. The summed E-state index contributed by atoms with van der Waals surface area (Å²) in [4.78, 5) is 10.7. The highest BCUT2D eigenvalue weighted by molar-refractivity contribution is 5.65. The molecular weight excluding hydrogens is 194 g/mol. The molecule has 88 valence electrons. The number of hydrogen-bond donors (Lipinski definition) is 2. The Kier molecular flexibility index (Phi) is 3.97. The van der Waals surface area contributed by atoms with Crippen LogP contribution < -0.4 is 5.73 Å². The second-order valence-electron chi connectivity index (χ2n) is 5.06. The van der Waals surface area contributed by atoms with Crippen molar-refractivity contribution in [2.45, 2.75) is 57.7 Å². The lowest BCUT2D eigenvalue weighted by Gasteiger charge is -2.32. The van der Waals surface area contributed by atoms with E-state index in [0.717, 1.165) is 32.1 Å². The van der Waals surface area contributed by atoms with Crippen molar-refractivity contribution in [2.75, 3.05) is 0 Å². The molecule has 15 heavy (non-hydrogen) atoms. The molecule has 0 saturated heterocycles.